The smallest absolute Gasteiger partial charge is 0.251 e. The molecule has 1 aromatic heterocycles. The molecule has 3 rings (SSSR count). The Morgan fingerprint density at radius 3 is 2.71 bits per heavy atom. The van der Waals surface area contributed by atoms with Crippen LogP contribution in [0.25, 0.3) is 0 Å². The van der Waals surface area contributed by atoms with E-state index in [9.17, 15) is 4.79 Å². The number of hydrogen-bond donors (Lipinski definition) is 1. The van der Waals surface area contributed by atoms with E-state index < -0.39 is 0 Å². The van der Waals surface area contributed by atoms with Gasteiger partial charge in [-0.2, -0.15) is 0 Å². The molecule has 0 spiro atoms. The molecule has 0 aliphatic carbocycles. The van der Waals surface area contributed by atoms with Gasteiger partial charge in [0.25, 0.3) is 5.91 Å². The molecule has 1 N–H and O–H groups in total. The van der Waals surface area contributed by atoms with Crippen LogP contribution in [0, 0.1) is 13.8 Å². The Balaban J connectivity index is 1.56. The van der Waals surface area contributed by atoms with Gasteiger partial charge in [0.2, 0.25) is 0 Å². The summed E-state index contributed by atoms with van der Waals surface area (Å²) in [6, 6.07) is 5.16. The summed E-state index contributed by atoms with van der Waals surface area (Å²) < 4.78 is 21.7. The molecule has 1 aliphatic heterocycles. The number of ether oxygens (including phenoxy) is 3. The summed E-state index contributed by atoms with van der Waals surface area (Å²) in [4.78, 5) is 14.7. The minimum atomic E-state index is -0.135. The van der Waals surface area contributed by atoms with Crippen LogP contribution in [0.15, 0.2) is 22.7 Å². The van der Waals surface area contributed by atoms with Crippen molar-refractivity contribution < 1.29 is 23.5 Å². The summed E-state index contributed by atoms with van der Waals surface area (Å²) in [5, 5.41) is 6.87. The van der Waals surface area contributed by atoms with Gasteiger partial charge >= 0.3 is 0 Å². The number of carbonyl (C=O) groups is 1. The summed E-state index contributed by atoms with van der Waals surface area (Å²) in [5.74, 6) is 1.66. The third-order valence-electron chi connectivity index (χ3n) is 4.80. The van der Waals surface area contributed by atoms with E-state index in [1.165, 1.54) is 0 Å². The van der Waals surface area contributed by atoms with Crippen LogP contribution in [0.2, 0.25) is 0 Å². The number of rotatable bonds is 8. The number of methoxy groups -OCH3 is 1. The summed E-state index contributed by atoms with van der Waals surface area (Å²) >= 11 is 0. The van der Waals surface area contributed by atoms with Crippen molar-refractivity contribution in [1.82, 2.24) is 15.4 Å². The van der Waals surface area contributed by atoms with Gasteiger partial charge in [-0.1, -0.05) is 5.16 Å². The van der Waals surface area contributed by atoms with Crippen LogP contribution in [0.1, 0.15) is 27.4 Å². The number of morpholine rings is 1. The Morgan fingerprint density at radius 1 is 1.25 bits per heavy atom. The number of hydrogen-bond acceptors (Lipinski definition) is 7. The highest BCUT2D eigenvalue weighted by molar-refractivity contribution is 5.94. The van der Waals surface area contributed by atoms with Crippen molar-refractivity contribution in [2.24, 2.45) is 0 Å². The van der Waals surface area contributed by atoms with Crippen LogP contribution < -0.4 is 14.8 Å². The fourth-order valence-corrected chi connectivity index (χ4v) is 3.04. The fourth-order valence-electron chi connectivity index (χ4n) is 3.04. The van der Waals surface area contributed by atoms with E-state index in [4.69, 9.17) is 18.7 Å². The molecule has 1 aromatic carbocycles. The van der Waals surface area contributed by atoms with E-state index in [-0.39, 0.29) is 5.91 Å². The molecule has 8 heteroatoms. The van der Waals surface area contributed by atoms with Crippen molar-refractivity contribution in [1.29, 1.82) is 0 Å². The Hall–Kier alpha value is -2.58. The SMILES string of the molecule is COc1cc(C(=O)NCCN2CCOCC2)ccc1OCc1c(C)noc1C. The van der Waals surface area contributed by atoms with Gasteiger partial charge in [0.1, 0.15) is 12.4 Å². The number of benzene rings is 1. The second kappa shape index (κ2) is 9.57. The second-order valence-corrected chi connectivity index (χ2v) is 6.67. The largest absolute Gasteiger partial charge is 0.493 e. The van der Waals surface area contributed by atoms with Gasteiger partial charge in [-0.05, 0) is 32.0 Å². The maximum Gasteiger partial charge on any atom is 0.251 e. The minimum absolute atomic E-state index is 0.135. The number of amides is 1. The molecule has 0 saturated carbocycles. The summed E-state index contributed by atoms with van der Waals surface area (Å²) in [6.07, 6.45) is 0. The van der Waals surface area contributed by atoms with E-state index in [1.807, 2.05) is 13.8 Å². The summed E-state index contributed by atoms with van der Waals surface area (Å²) in [6.45, 7) is 8.75. The van der Waals surface area contributed by atoms with Gasteiger partial charge in [0, 0.05) is 31.7 Å². The molecule has 8 nitrogen and oxygen atoms in total. The van der Waals surface area contributed by atoms with Crippen LogP contribution in [-0.2, 0) is 11.3 Å². The molecular formula is C20H27N3O5. The average molecular weight is 389 g/mol. The van der Waals surface area contributed by atoms with Crippen molar-refractivity contribution in [2.75, 3.05) is 46.5 Å². The number of carbonyl (C=O) groups excluding carboxylic acids is 1. The van der Waals surface area contributed by atoms with Gasteiger partial charge in [-0.25, -0.2) is 0 Å². The zero-order chi connectivity index (χ0) is 19.9. The average Bonchev–Trinajstić information content (AvgIpc) is 3.04. The highest BCUT2D eigenvalue weighted by Gasteiger charge is 2.15. The van der Waals surface area contributed by atoms with Gasteiger partial charge in [-0.15, -0.1) is 0 Å². The maximum absolute atomic E-state index is 12.4. The zero-order valence-corrected chi connectivity index (χ0v) is 16.6. The predicted octanol–water partition coefficient (Wildman–Crippen LogP) is 1.94. The van der Waals surface area contributed by atoms with E-state index in [0.717, 1.165) is 49.9 Å². The first-order valence-corrected chi connectivity index (χ1v) is 9.39. The molecule has 1 fully saturated rings. The molecule has 0 unspecified atom stereocenters. The Labute approximate surface area is 164 Å². The molecule has 1 amide bonds. The molecule has 2 aromatic rings. The van der Waals surface area contributed by atoms with E-state index in [2.05, 4.69) is 15.4 Å². The van der Waals surface area contributed by atoms with Gasteiger partial charge in [-0.3, -0.25) is 9.69 Å². The number of aromatic nitrogens is 1. The van der Waals surface area contributed by atoms with Crippen molar-refractivity contribution in [3.8, 4) is 11.5 Å². The van der Waals surface area contributed by atoms with Crippen molar-refractivity contribution >= 4 is 5.91 Å². The third-order valence-corrected chi connectivity index (χ3v) is 4.80. The van der Waals surface area contributed by atoms with Crippen molar-refractivity contribution in [2.45, 2.75) is 20.5 Å². The molecule has 28 heavy (non-hydrogen) atoms. The lowest BCUT2D eigenvalue weighted by molar-refractivity contribution is 0.0383. The van der Waals surface area contributed by atoms with E-state index in [1.54, 1.807) is 25.3 Å². The van der Waals surface area contributed by atoms with E-state index in [0.29, 0.717) is 30.2 Å². The van der Waals surface area contributed by atoms with Gasteiger partial charge in [0.05, 0.1) is 31.6 Å². The molecule has 1 aliphatic rings. The van der Waals surface area contributed by atoms with Crippen LogP contribution in [0.5, 0.6) is 11.5 Å². The lowest BCUT2D eigenvalue weighted by Gasteiger charge is -2.26. The zero-order valence-electron chi connectivity index (χ0n) is 16.6. The summed E-state index contributed by atoms with van der Waals surface area (Å²) in [7, 11) is 1.55. The quantitative estimate of drug-likeness (QED) is 0.738. The first-order valence-electron chi connectivity index (χ1n) is 9.39. The minimum Gasteiger partial charge on any atom is -0.493 e. The monoisotopic (exact) mass is 389 g/mol. The highest BCUT2D eigenvalue weighted by Crippen LogP contribution is 2.29. The Morgan fingerprint density at radius 2 is 2.04 bits per heavy atom. The normalized spacial score (nSPS) is 14.7. The molecular weight excluding hydrogens is 362 g/mol. The summed E-state index contributed by atoms with van der Waals surface area (Å²) in [5.41, 5.74) is 2.24. The fraction of sp³-hybridized carbons (Fsp3) is 0.500. The van der Waals surface area contributed by atoms with Gasteiger partial charge in [0.15, 0.2) is 11.5 Å². The van der Waals surface area contributed by atoms with Crippen molar-refractivity contribution in [3.63, 3.8) is 0 Å². The first kappa shape index (κ1) is 20.2. The molecule has 0 bridgehead atoms. The number of aryl methyl sites for hydroxylation is 2. The standard InChI is InChI=1S/C20H27N3O5/c1-14-17(15(2)28-22-14)13-27-18-5-4-16(12-19(18)25-3)20(24)21-6-7-23-8-10-26-11-9-23/h4-5,12H,6-11,13H2,1-3H3,(H,21,24). The Kier molecular flexibility index (Phi) is 6.89. The van der Waals surface area contributed by atoms with E-state index >= 15 is 0 Å². The molecule has 2 heterocycles. The topological polar surface area (TPSA) is 86.1 Å². The van der Waals surface area contributed by atoms with Gasteiger partial charge < -0.3 is 24.1 Å². The third kappa shape index (κ3) is 5.02. The maximum atomic E-state index is 12.4. The molecule has 0 atom stereocenters. The highest BCUT2D eigenvalue weighted by atomic mass is 16.5. The Bertz CT molecular complexity index is 780. The lowest BCUT2D eigenvalue weighted by Crippen LogP contribution is -2.41. The van der Waals surface area contributed by atoms with Crippen LogP contribution >= 0.6 is 0 Å². The molecule has 0 radical (unpaired) electrons. The van der Waals surface area contributed by atoms with Crippen LogP contribution in [-0.4, -0.2) is 62.5 Å². The second-order valence-electron chi connectivity index (χ2n) is 6.67. The number of nitrogens with zero attached hydrogens (tertiary/aromatic N) is 2. The molecule has 1 saturated heterocycles. The van der Waals surface area contributed by atoms with Crippen LogP contribution in [0.4, 0.5) is 0 Å². The predicted molar refractivity (Wildman–Crippen MR) is 103 cm³/mol. The van der Waals surface area contributed by atoms with Crippen molar-refractivity contribution in [3.05, 3.63) is 40.8 Å². The number of nitrogens with one attached hydrogen (secondary N) is 1. The lowest BCUT2D eigenvalue weighted by atomic mass is 10.2. The first-order chi connectivity index (χ1) is 13.6. The van der Waals surface area contributed by atoms with Crippen LogP contribution in [0.3, 0.4) is 0 Å². The molecule has 152 valence electrons.